The molecule has 0 saturated heterocycles. The molecule has 3 N–H and O–H groups in total. The Morgan fingerprint density at radius 3 is 2.62 bits per heavy atom. The highest BCUT2D eigenvalue weighted by Crippen LogP contribution is 2.15. The summed E-state index contributed by atoms with van der Waals surface area (Å²) >= 11 is 0. The van der Waals surface area contributed by atoms with E-state index in [1.807, 2.05) is 39.0 Å². The smallest absolute Gasteiger partial charge is 0.241 e. The summed E-state index contributed by atoms with van der Waals surface area (Å²) in [4.78, 5) is 20.4. The van der Waals surface area contributed by atoms with Crippen LogP contribution in [0.15, 0.2) is 29.3 Å². The van der Waals surface area contributed by atoms with Gasteiger partial charge < -0.3 is 20.5 Å². The van der Waals surface area contributed by atoms with Crippen molar-refractivity contribution in [2.24, 2.45) is 4.99 Å². The molecule has 0 radical (unpaired) electrons. The second kappa shape index (κ2) is 11.7. The number of aromatic nitrogens is 2. The molecule has 0 unspecified atom stereocenters. The van der Waals surface area contributed by atoms with Gasteiger partial charge in [0.25, 0.3) is 0 Å². The average Bonchev–Trinajstić information content (AvgIpc) is 2.92. The van der Waals surface area contributed by atoms with Crippen molar-refractivity contribution in [3.05, 3.63) is 30.1 Å². The molecule has 0 spiro atoms. The van der Waals surface area contributed by atoms with Crippen LogP contribution in [0.4, 0.5) is 0 Å². The lowest BCUT2D eigenvalue weighted by atomic mass is 10.3. The molecule has 0 aliphatic heterocycles. The highest BCUT2D eigenvalue weighted by molar-refractivity contribution is 14.0. The van der Waals surface area contributed by atoms with Gasteiger partial charge in [0.15, 0.2) is 5.96 Å². The van der Waals surface area contributed by atoms with E-state index in [4.69, 9.17) is 0 Å². The van der Waals surface area contributed by atoms with E-state index in [1.54, 1.807) is 0 Å². The molecule has 26 heavy (non-hydrogen) atoms. The van der Waals surface area contributed by atoms with Gasteiger partial charge in [-0.15, -0.1) is 24.0 Å². The second-order valence-electron chi connectivity index (χ2n) is 5.73. The van der Waals surface area contributed by atoms with E-state index in [0.717, 1.165) is 42.9 Å². The number of hydrogen-bond acceptors (Lipinski definition) is 3. The minimum absolute atomic E-state index is 0. The van der Waals surface area contributed by atoms with Crippen molar-refractivity contribution in [2.75, 3.05) is 26.2 Å². The van der Waals surface area contributed by atoms with Crippen LogP contribution in [0.25, 0.3) is 11.0 Å². The molecular weight excluding hydrogens is 443 g/mol. The van der Waals surface area contributed by atoms with Crippen LogP contribution in [0.2, 0.25) is 0 Å². The van der Waals surface area contributed by atoms with Gasteiger partial charge in [0, 0.05) is 26.2 Å². The first-order chi connectivity index (χ1) is 12.2. The number of rotatable bonds is 8. The van der Waals surface area contributed by atoms with E-state index < -0.39 is 0 Å². The molecule has 1 aromatic carbocycles. The van der Waals surface area contributed by atoms with Gasteiger partial charge >= 0.3 is 0 Å². The van der Waals surface area contributed by atoms with E-state index in [2.05, 4.69) is 36.6 Å². The van der Waals surface area contributed by atoms with Crippen LogP contribution < -0.4 is 16.0 Å². The van der Waals surface area contributed by atoms with Crippen LogP contribution in [-0.2, 0) is 11.3 Å². The molecule has 1 heterocycles. The monoisotopic (exact) mass is 472 g/mol. The number of aliphatic imine (C=N–C) groups is 1. The Kier molecular flexibility index (Phi) is 10.0. The van der Waals surface area contributed by atoms with Gasteiger partial charge in [-0.25, -0.2) is 9.98 Å². The van der Waals surface area contributed by atoms with E-state index in [1.165, 1.54) is 0 Å². The van der Waals surface area contributed by atoms with Gasteiger partial charge in [-0.05, 0) is 39.3 Å². The second-order valence-corrected chi connectivity index (χ2v) is 5.73. The first-order valence-electron chi connectivity index (χ1n) is 8.86. The molecule has 0 aliphatic carbocycles. The van der Waals surface area contributed by atoms with Crippen LogP contribution in [0.3, 0.4) is 0 Å². The fourth-order valence-corrected chi connectivity index (χ4v) is 2.67. The number of imidazole rings is 1. The van der Waals surface area contributed by atoms with Crippen LogP contribution in [0, 0.1) is 6.92 Å². The van der Waals surface area contributed by atoms with E-state index in [0.29, 0.717) is 12.5 Å². The van der Waals surface area contributed by atoms with Crippen LogP contribution in [-0.4, -0.2) is 47.6 Å². The van der Waals surface area contributed by atoms with Gasteiger partial charge in [0.1, 0.15) is 12.4 Å². The summed E-state index contributed by atoms with van der Waals surface area (Å²) in [6, 6.07) is 8.18. The van der Waals surface area contributed by atoms with Crippen molar-refractivity contribution in [3.8, 4) is 0 Å². The number of likely N-dealkylation sites (N-methyl/N-ethyl adjacent to an activating group) is 1. The van der Waals surface area contributed by atoms with Crippen molar-refractivity contribution in [3.63, 3.8) is 0 Å². The molecule has 1 aromatic heterocycles. The van der Waals surface area contributed by atoms with Crippen molar-refractivity contribution < 1.29 is 4.79 Å². The molecule has 2 rings (SSSR count). The van der Waals surface area contributed by atoms with E-state index >= 15 is 0 Å². The number of nitrogens with zero attached hydrogens (tertiary/aromatic N) is 3. The highest BCUT2D eigenvalue weighted by Gasteiger charge is 2.06. The van der Waals surface area contributed by atoms with Crippen molar-refractivity contribution in [1.29, 1.82) is 0 Å². The maximum Gasteiger partial charge on any atom is 0.241 e. The zero-order valence-corrected chi connectivity index (χ0v) is 18.0. The summed E-state index contributed by atoms with van der Waals surface area (Å²) in [5.41, 5.74) is 2.20. The van der Waals surface area contributed by atoms with Crippen LogP contribution in [0.1, 0.15) is 26.1 Å². The van der Waals surface area contributed by atoms with Gasteiger partial charge in [-0.2, -0.15) is 0 Å². The lowest BCUT2D eigenvalue weighted by Crippen LogP contribution is -2.39. The number of guanidine groups is 1. The molecule has 0 aliphatic rings. The minimum Gasteiger partial charge on any atom is -0.357 e. The molecule has 2 aromatic rings. The number of carbonyl (C=O) groups is 1. The van der Waals surface area contributed by atoms with E-state index in [-0.39, 0.29) is 36.4 Å². The van der Waals surface area contributed by atoms with Crippen molar-refractivity contribution >= 4 is 46.9 Å². The first-order valence-corrected chi connectivity index (χ1v) is 8.86. The Balaban J connectivity index is 0.00000338. The Labute approximate surface area is 172 Å². The lowest BCUT2D eigenvalue weighted by molar-refractivity contribution is -0.119. The molecule has 0 fully saturated rings. The summed E-state index contributed by atoms with van der Waals surface area (Å²) in [6.07, 6.45) is 0.937. The number of benzene rings is 1. The van der Waals surface area contributed by atoms with Gasteiger partial charge in [0.2, 0.25) is 5.91 Å². The summed E-state index contributed by atoms with van der Waals surface area (Å²) in [5.74, 6) is 1.62. The van der Waals surface area contributed by atoms with Crippen molar-refractivity contribution in [1.82, 2.24) is 25.5 Å². The molecule has 8 heteroatoms. The summed E-state index contributed by atoms with van der Waals surface area (Å²) in [7, 11) is 0. The quantitative estimate of drug-likeness (QED) is 0.238. The van der Waals surface area contributed by atoms with Crippen LogP contribution >= 0.6 is 24.0 Å². The maximum absolute atomic E-state index is 11.5. The SMILES string of the molecule is CCNC(=O)CN=C(NCC)NCCCn1c(C)nc2ccccc21.I. The molecule has 7 nitrogen and oxygen atoms in total. The van der Waals surface area contributed by atoms with Crippen molar-refractivity contribution in [2.45, 2.75) is 33.7 Å². The Hall–Kier alpha value is -1.84. The standard InChI is InChI=1S/C18H28N6O.HI/c1-4-19-17(25)13-22-18(20-5-2)21-11-8-12-24-14(3)23-15-9-6-7-10-16(15)24;/h6-7,9-10H,4-5,8,11-13H2,1-3H3,(H,19,25)(H2,20,21,22);1H. The third-order valence-corrected chi connectivity index (χ3v) is 3.80. The molecule has 0 saturated carbocycles. The van der Waals surface area contributed by atoms with Gasteiger partial charge in [-0.1, -0.05) is 12.1 Å². The summed E-state index contributed by atoms with van der Waals surface area (Å²) < 4.78 is 2.23. The fraction of sp³-hybridized carbons (Fsp3) is 0.500. The summed E-state index contributed by atoms with van der Waals surface area (Å²) in [6.45, 7) is 9.10. The molecule has 0 bridgehead atoms. The van der Waals surface area contributed by atoms with Gasteiger partial charge in [-0.3, -0.25) is 4.79 Å². The average molecular weight is 472 g/mol. The fourth-order valence-electron chi connectivity index (χ4n) is 2.67. The zero-order valence-electron chi connectivity index (χ0n) is 15.7. The Morgan fingerprint density at radius 1 is 1.15 bits per heavy atom. The number of fused-ring (bicyclic) bond motifs is 1. The van der Waals surface area contributed by atoms with E-state index in [9.17, 15) is 4.79 Å². The lowest BCUT2D eigenvalue weighted by Gasteiger charge is -2.12. The maximum atomic E-state index is 11.5. The minimum atomic E-state index is -0.0692. The number of amides is 1. The first kappa shape index (κ1) is 22.2. The molecule has 0 atom stereocenters. The van der Waals surface area contributed by atoms with Crippen LogP contribution in [0.5, 0.6) is 0 Å². The molecule has 1 amide bonds. The predicted molar refractivity (Wildman–Crippen MR) is 117 cm³/mol. The molecular formula is C18H29IN6O. The topological polar surface area (TPSA) is 83.3 Å². The normalized spacial score (nSPS) is 11.1. The Bertz CT molecular complexity index is 728. The molecule has 144 valence electrons. The number of nitrogens with one attached hydrogen (secondary N) is 3. The number of halogens is 1. The third kappa shape index (κ3) is 6.47. The largest absolute Gasteiger partial charge is 0.357 e. The zero-order chi connectivity index (χ0) is 18.1. The predicted octanol–water partition coefficient (Wildman–Crippen LogP) is 2.04. The number of carbonyl (C=O) groups excluding carboxylic acids is 1. The summed E-state index contributed by atoms with van der Waals surface area (Å²) in [5, 5.41) is 9.17. The highest BCUT2D eigenvalue weighted by atomic mass is 127. The third-order valence-electron chi connectivity index (χ3n) is 3.80. The number of aryl methyl sites for hydroxylation is 2. The number of para-hydroxylation sites is 2. The Morgan fingerprint density at radius 2 is 1.88 bits per heavy atom. The van der Waals surface area contributed by atoms with Gasteiger partial charge in [0.05, 0.1) is 11.0 Å². The number of hydrogen-bond donors (Lipinski definition) is 3.